The van der Waals surface area contributed by atoms with Crippen molar-refractivity contribution in [3.8, 4) is 0 Å². The third-order valence-electron chi connectivity index (χ3n) is 2.83. The smallest absolute Gasteiger partial charge is 0.338 e. The van der Waals surface area contributed by atoms with Gasteiger partial charge in [0.05, 0.1) is 18.2 Å². The fourth-order valence-electron chi connectivity index (χ4n) is 1.87. The van der Waals surface area contributed by atoms with Crippen LogP contribution in [0, 0.1) is 5.21 Å². The third-order valence-corrected chi connectivity index (χ3v) is 2.83. The van der Waals surface area contributed by atoms with Gasteiger partial charge in [0.25, 0.3) is 0 Å². The number of methoxy groups -OCH3 is 1. The maximum Gasteiger partial charge on any atom is 0.338 e. The Morgan fingerprint density at radius 3 is 2.50 bits per heavy atom. The second-order valence-corrected chi connectivity index (χ2v) is 4.27. The van der Waals surface area contributed by atoms with E-state index in [4.69, 9.17) is 4.74 Å². The number of ether oxygens (including phenoxy) is 1. The first-order valence-electron chi connectivity index (χ1n) is 6.20. The molecule has 4 nitrogen and oxygen atoms in total. The average molecular weight is 269 g/mol. The highest BCUT2D eigenvalue weighted by atomic mass is 16.5. The quantitative estimate of drug-likeness (QED) is 0.282. The number of hydrogen-bond acceptors (Lipinski definition) is 3. The molecule has 0 N–H and O–H groups in total. The number of rotatable bonds is 4. The van der Waals surface area contributed by atoms with Gasteiger partial charge in [-0.3, -0.25) is 0 Å². The summed E-state index contributed by atoms with van der Waals surface area (Å²) in [7, 11) is 1.32. The van der Waals surface area contributed by atoms with E-state index in [-0.39, 0.29) is 6.54 Å². The van der Waals surface area contributed by atoms with Crippen LogP contribution in [0.1, 0.15) is 21.5 Å². The van der Waals surface area contributed by atoms with Gasteiger partial charge < -0.3 is 9.94 Å². The molecule has 0 aliphatic carbocycles. The number of carbonyl (C=O) groups is 1. The van der Waals surface area contributed by atoms with Crippen LogP contribution in [0.2, 0.25) is 0 Å². The summed E-state index contributed by atoms with van der Waals surface area (Å²) in [5.41, 5.74) is 1.84. The Labute approximate surface area is 117 Å². The number of esters is 1. The molecule has 0 atom stereocenters. The van der Waals surface area contributed by atoms with E-state index in [1.807, 2.05) is 30.3 Å². The van der Waals surface area contributed by atoms with Crippen LogP contribution >= 0.6 is 0 Å². The second kappa shape index (κ2) is 6.52. The summed E-state index contributed by atoms with van der Waals surface area (Å²) in [5.74, 6) is -0.454. The van der Waals surface area contributed by atoms with Crippen molar-refractivity contribution in [2.24, 2.45) is 0 Å². The van der Waals surface area contributed by atoms with Crippen molar-refractivity contribution in [2.75, 3.05) is 7.11 Å². The molecule has 20 heavy (non-hydrogen) atoms. The molecule has 0 heterocycles. The molecule has 0 amide bonds. The first kappa shape index (κ1) is 13.8. The Bertz CT molecular complexity index is 621. The van der Waals surface area contributed by atoms with Crippen LogP contribution in [0.4, 0.5) is 0 Å². The lowest BCUT2D eigenvalue weighted by Crippen LogP contribution is -2.10. The Morgan fingerprint density at radius 2 is 1.80 bits per heavy atom. The summed E-state index contributed by atoms with van der Waals surface area (Å²) in [6.07, 6.45) is 1.40. The van der Waals surface area contributed by atoms with E-state index in [1.54, 1.807) is 24.3 Å². The maximum atomic E-state index is 12.0. The summed E-state index contributed by atoms with van der Waals surface area (Å²) in [6.45, 7) is 0.232. The Balaban J connectivity index is 2.24. The summed E-state index contributed by atoms with van der Waals surface area (Å²) in [5, 5.41) is 12.0. The fraction of sp³-hybridized carbons (Fsp3) is 0.125. The van der Waals surface area contributed by atoms with Gasteiger partial charge in [0.15, 0.2) is 12.8 Å². The van der Waals surface area contributed by atoms with Gasteiger partial charge in [0, 0.05) is 5.56 Å². The van der Waals surface area contributed by atoms with Crippen LogP contribution in [0.15, 0.2) is 54.6 Å². The number of nitrogens with zero attached hydrogens (tertiary/aromatic N) is 1. The van der Waals surface area contributed by atoms with Gasteiger partial charge in [0.1, 0.15) is 0 Å². The van der Waals surface area contributed by atoms with E-state index in [1.165, 1.54) is 13.3 Å². The van der Waals surface area contributed by atoms with Gasteiger partial charge in [-0.25, -0.2) is 9.53 Å². The van der Waals surface area contributed by atoms with E-state index >= 15 is 0 Å². The Hall–Kier alpha value is -2.62. The standard InChI is InChI=1S/C16H15NO3/c1-20-16(18)15-10-6-5-9-14(15)12-17(19)11-13-7-3-2-4-8-13/h2-10,12H,11H2,1H3/b17-12-. The van der Waals surface area contributed by atoms with Crippen LogP contribution in [0.5, 0.6) is 0 Å². The van der Waals surface area contributed by atoms with Crippen molar-refractivity contribution in [3.05, 3.63) is 76.5 Å². The topological polar surface area (TPSA) is 52.4 Å². The molecule has 2 rings (SSSR count). The summed E-state index contributed by atoms with van der Waals surface area (Å²) in [4.78, 5) is 11.6. The fourth-order valence-corrected chi connectivity index (χ4v) is 1.87. The van der Waals surface area contributed by atoms with Crippen molar-refractivity contribution in [1.82, 2.24) is 0 Å². The molecular formula is C16H15NO3. The number of benzene rings is 2. The first-order valence-corrected chi connectivity index (χ1v) is 6.20. The van der Waals surface area contributed by atoms with E-state index < -0.39 is 5.97 Å². The van der Waals surface area contributed by atoms with Crippen molar-refractivity contribution in [1.29, 1.82) is 0 Å². The summed E-state index contributed by atoms with van der Waals surface area (Å²) >= 11 is 0. The van der Waals surface area contributed by atoms with E-state index in [0.717, 1.165) is 10.3 Å². The van der Waals surface area contributed by atoms with E-state index in [2.05, 4.69) is 0 Å². The predicted octanol–water partition coefficient (Wildman–Crippen LogP) is 2.60. The van der Waals surface area contributed by atoms with E-state index in [9.17, 15) is 10.0 Å². The number of hydroxylamine groups is 1. The normalized spacial score (nSPS) is 11.2. The molecule has 0 aromatic heterocycles. The largest absolute Gasteiger partial charge is 0.624 e. The highest BCUT2D eigenvalue weighted by molar-refractivity contribution is 5.98. The van der Waals surface area contributed by atoms with Crippen molar-refractivity contribution in [3.63, 3.8) is 0 Å². The first-order chi connectivity index (χ1) is 9.70. The zero-order chi connectivity index (χ0) is 14.4. The second-order valence-electron chi connectivity index (χ2n) is 4.27. The third kappa shape index (κ3) is 3.45. The van der Waals surface area contributed by atoms with Crippen LogP contribution in [-0.4, -0.2) is 24.0 Å². The molecule has 2 aromatic rings. The zero-order valence-electron chi connectivity index (χ0n) is 11.2. The van der Waals surface area contributed by atoms with Crippen molar-refractivity contribution in [2.45, 2.75) is 6.54 Å². The SMILES string of the molecule is COC(=O)c1ccccc1/C=[N+](\[O-])Cc1ccccc1. The molecule has 0 radical (unpaired) electrons. The Kier molecular flexibility index (Phi) is 4.50. The highest BCUT2D eigenvalue weighted by Gasteiger charge is 2.11. The van der Waals surface area contributed by atoms with Crippen LogP contribution in [0.25, 0.3) is 0 Å². The van der Waals surface area contributed by atoms with Gasteiger partial charge in [-0.2, -0.15) is 0 Å². The number of hydrogen-bond donors (Lipinski definition) is 0. The monoisotopic (exact) mass is 269 g/mol. The van der Waals surface area contributed by atoms with Crippen molar-refractivity contribution >= 4 is 12.2 Å². The molecular weight excluding hydrogens is 254 g/mol. The maximum absolute atomic E-state index is 12.0. The minimum absolute atomic E-state index is 0.232. The molecule has 0 aliphatic rings. The minimum Gasteiger partial charge on any atom is -0.624 e. The molecule has 4 heteroatoms. The van der Waals surface area contributed by atoms with Crippen molar-refractivity contribution < 1.29 is 14.3 Å². The molecule has 0 saturated carbocycles. The molecule has 0 aliphatic heterocycles. The van der Waals surface area contributed by atoms with Gasteiger partial charge >= 0.3 is 5.97 Å². The predicted molar refractivity (Wildman–Crippen MR) is 76.7 cm³/mol. The lowest BCUT2D eigenvalue weighted by molar-refractivity contribution is -0.469. The molecule has 0 bridgehead atoms. The lowest BCUT2D eigenvalue weighted by Gasteiger charge is -2.06. The molecule has 0 spiro atoms. The summed E-state index contributed by atoms with van der Waals surface area (Å²) in [6, 6.07) is 16.3. The van der Waals surface area contributed by atoms with Gasteiger partial charge in [-0.1, -0.05) is 42.5 Å². The minimum atomic E-state index is -0.454. The van der Waals surface area contributed by atoms with Crippen LogP contribution < -0.4 is 0 Å². The van der Waals surface area contributed by atoms with E-state index in [0.29, 0.717) is 11.1 Å². The van der Waals surface area contributed by atoms with Gasteiger partial charge in [-0.15, -0.1) is 0 Å². The highest BCUT2D eigenvalue weighted by Crippen LogP contribution is 2.08. The molecule has 0 unspecified atom stereocenters. The molecule has 0 saturated heterocycles. The molecule has 2 aromatic carbocycles. The summed E-state index contributed by atoms with van der Waals surface area (Å²) < 4.78 is 5.50. The van der Waals surface area contributed by atoms with Crippen LogP contribution in [0.3, 0.4) is 0 Å². The molecule has 0 fully saturated rings. The number of carbonyl (C=O) groups excluding carboxylic acids is 1. The van der Waals surface area contributed by atoms with Crippen LogP contribution in [-0.2, 0) is 11.3 Å². The van der Waals surface area contributed by atoms with Gasteiger partial charge in [0.2, 0.25) is 0 Å². The average Bonchev–Trinajstić information content (AvgIpc) is 2.48. The lowest BCUT2D eigenvalue weighted by atomic mass is 10.1. The van der Waals surface area contributed by atoms with Gasteiger partial charge in [-0.05, 0) is 12.1 Å². The zero-order valence-corrected chi connectivity index (χ0v) is 11.2. The Morgan fingerprint density at radius 1 is 1.15 bits per heavy atom. The molecule has 102 valence electrons.